The van der Waals surface area contributed by atoms with Crippen LogP contribution in [0.15, 0.2) is 42.5 Å². The minimum absolute atomic E-state index is 0.0880. The second kappa shape index (κ2) is 10.1. The number of fused-ring (bicyclic) bond motifs is 1. The van der Waals surface area contributed by atoms with Crippen LogP contribution in [0.25, 0.3) is 0 Å². The summed E-state index contributed by atoms with van der Waals surface area (Å²) in [4.78, 5) is 46.6. The third-order valence-electron chi connectivity index (χ3n) is 4.03. The molecule has 0 unspecified atom stereocenters. The minimum Gasteiger partial charge on any atom is -0.486 e. The molecule has 0 spiro atoms. The van der Waals surface area contributed by atoms with Crippen molar-refractivity contribution in [3.05, 3.63) is 48.0 Å². The molecule has 0 saturated carbocycles. The fraction of sp³-hybridized carbons (Fsp3) is 0.238. The number of imide groups is 1. The van der Waals surface area contributed by atoms with Crippen molar-refractivity contribution in [1.82, 2.24) is 5.32 Å². The van der Waals surface area contributed by atoms with E-state index in [4.69, 9.17) is 18.9 Å². The lowest BCUT2D eigenvalue weighted by molar-refractivity contribution is -0.150. The van der Waals surface area contributed by atoms with Crippen LogP contribution in [0.3, 0.4) is 0 Å². The normalized spacial score (nSPS) is 11.8. The Hall–Kier alpha value is -4.08. The first-order chi connectivity index (χ1) is 14.9. The Morgan fingerprint density at radius 2 is 1.65 bits per heavy atom. The Balaban J connectivity index is 1.37. The number of Topliss-reactive ketones (excluding diaryl/α,β-unsaturated/α-hetero) is 1. The van der Waals surface area contributed by atoms with Gasteiger partial charge in [-0.15, -0.1) is 0 Å². The lowest BCUT2D eigenvalue weighted by Crippen LogP contribution is -2.37. The number of carbonyl (C=O) groups excluding carboxylic acids is 4. The molecule has 0 fully saturated rings. The number of rotatable bonds is 7. The smallest absolute Gasteiger partial charge is 0.344 e. The Morgan fingerprint density at radius 1 is 0.935 bits per heavy atom. The molecule has 1 aliphatic rings. The number of hydrogen-bond acceptors (Lipinski definition) is 8. The quantitative estimate of drug-likeness (QED) is 0.506. The number of urea groups is 1. The highest BCUT2D eigenvalue weighted by Crippen LogP contribution is 2.32. The minimum atomic E-state index is -0.811. The van der Waals surface area contributed by atoms with Crippen molar-refractivity contribution in [3.63, 3.8) is 0 Å². The zero-order valence-electron chi connectivity index (χ0n) is 16.6. The molecule has 0 atom stereocenters. The lowest BCUT2D eigenvalue weighted by Gasteiger charge is -2.19. The highest BCUT2D eigenvalue weighted by Gasteiger charge is 2.15. The van der Waals surface area contributed by atoms with E-state index >= 15 is 0 Å². The van der Waals surface area contributed by atoms with Gasteiger partial charge in [0.15, 0.2) is 30.5 Å². The monoisotopic (exact) mass is 428 g/mol. The molecule has 0 radical (unpaired) electrons. The predicted octanol–water partition coefficient (Wildman–Crippen LogP) is 1.93. The summed E-state index contributed by atoms with van der Waals surface area (Å²) in [5, 5.41) is 4.52. The van der Waals surface area contributed by atoms with Gasteiger partial charge in [-0.2, -0.15) is 0 Å². The fourth-order valence-corrected chi connectivity index (χ4v) is 2.56. The summed E-state index contributed by atoms with van der Waals surface area (Å²) < 4.78 is 20.8. The number of anilines is 1. The number of benzene rings is 2. The van der Waals surface area contributed by atoms with Crippen molar-refractivity contribution in [2.45, 2.75) is 6.92 Å². The number of ether oxygens (including phenoxy) is 4. The van der Waals surface area contributed by atoms with E-state index in [2.05, 4.69) is 5.32 Å². The topological polar surface area (TPSA) is 129 Å². The van der Waals surface area contributed by atoms with Crippen LogP contribution >= 0.6 is 0 Å². The Labute approximate surface area is 177 Å². The molecular weight excluding hydrogens is 408 g/mol. The van der Waals surface area contributed by atoms with E-state index in [1.807, 2.05) is 5.32 Å². The second-order valence-electron chi connectivity index (χ2n) is 6.39. The van der Waals surface area contributed by atoms with Gasteiger partial charge in [-0.25, -0.2) is 9.59 Å². The SMILES string of the molecule is CC(=O)c1ccc(OCC(=O)OCC(=O)NC(=O)Nc2ccc3c(c2)OCCO3)cc1. The average molecular weight is 428 g/mol. The van der Waals surface area contributed by atoms with E-state index in [0.717, 1.165) is 0 Å². The number of esters is 1. The van der Waals surface area contributed by atoms with Crippen LogP contribution in [0.4, 0.5) is 10.5 Å². The van der Waals surface area contributed by atoms with Crippen LogP contribution in [-0.4, -0.2) is 50.1 Å². The summed E-state index contributed by atoms with van der Waals surface area (Å²) in [6, 6.07) is 10.2. The maximum Gasteiger partial charge on any atom is 0.344 e. The molecule has 31 heavy (non-hydrogen) atoms. The molecule has 1 aliphatic heterocycles. The molecule has 10 heteroatoms. The summed E-state index contributed by atoms with van der Waals surface area (Å²) in [6.07, 6.45) is 0. The standard InChI is InChI=1S/C21H20N2O8/c1-13(24)14-2-5-16(6-3-14)30-12-20(26)31-11-19(25)23-21(27)22-15-4-7-17-18(10-15)29-9-8-28-17/h2-7,10H,8-9,11-12H2,1H3,(H2,22,23,25,27). The molecule has 0 bridgehead atoms. The molecule has 0 aromatic heterocycles. The van der Waals surface area contributed by atoms with Crippen molar-refractivity contribution < 1.29 is 38.1 Å². The predicted molar refractivity (Wildman–Crippen MR) is 107 cm³/mol. The van der Waals surface area contributed by atoms with Gasteiger partial charge < -0.3 is 24.3 Å². The van der Waals surface area contributed by atoms with Crippen molar-refractivity contribution >= 4 is 29.4 Å². The zero-order valence-corrected chi connectivity index (χ0v) is 16.6. The Bertz CT molecular complexity index is 987. The van der Waals surface area contributed by atoms with E-state index in [0.29, 0.717) is 41.7 Å². The van der Waals surface area contributed by atoms with Gasteiger partial charge in [0.25, 0.3) is 5.91 Å². The molecule has 2 aromatic carbocycles. The van der Waals surface area contributed by atoms with Gasteiger partial charge in [0.05, 0.1) is 0 Å². The zero-order chi connectivity index (χ0) is 22.2. The highest BCUT2D eigenvalue weighted by atomic mass is 16.6. The van der Waals surface area contributed by atoms with Gasteiger partial charge in [0, 0.05) is 17.3 Å². The molecule has 2 aromatic rings. The number of amides is 3. The molecule has 162 valence electrons. The molecule has 3 amide bonds. The van der Waals surface area contributed by atoms with E-state index in [1.165, 1.54) is 6.92 Å². The summed E-state index contributed by atoms with van der Waals surface area (Å²) in [6.45, 7) is 1.20. The molecule has 0 aliphatic carbocycles. The third kappa shape index (κ3) is 6.46. The number of carbonyl (C=O) groups is 4. The van der Waals surface area contributed by atoms with Crippen LogP contribution in [0.1, 0.15) is 17.3 Å². The van der Waals surface area contributed by atoms with Crippen LogP contribution in [0.5, 0.6) is 17.2 Å². The molecule has 10 nitrogen and oxygen atoms in total. The van der Waals surface area contributed by atoms with Crippen LogP contribution < -0.4 is 24.8 Å². The lowest BCUT2D eigenvalue weighted by atomic mass is 10.1. The van der Waals surface area contributed by atoms with Gasteiger partial charge in [-0.3, -0.25) is 14.9 Å². The molecule has 3 rings (SSSR count). The van der Waals surface area contributed by atoms with E-state index < -0.39 is 31.1 Å². The number of hydrogen-bond donors (Lipinski definition) is 2. The summed E-state index contributed by atoms with van der Waals surface area (Å²) in [7, 11) is 0. The van der Waals surface area contributed by atoms with E-state index in [1.54, 1.807) is 42.5 Å². The van der Waals surface area contributed by atoms with E-state index in [9.17, 15) is 19.2 Å². The van der Waals surface area contributed by atoms with E-state index in [-0.39, 0.29) is 5.78 Å². The first kappa shape index (κ1) is 21.6. The fourth-order valence-electron chi connectivity index (χ4n) is 2.56. The summed E-state index contributed by atoms with van der Waals surface area (Å²) >= 11 is 0. The average Bonchev–Trinajstić information content (AvgIpc) is 2.76. The number of nitrogens with one attached hydrogen (secondary N) is 2. The van der Waals surface area contributed by atoms with Crippen molar-refractivity contribution in [2.75, 3.05) is 31.7 Å². The second-order valence-corrected chi connectivity index (χ2v) is 6.39. The molecule has 2 N–H and O–H groups in total. The maximum atomic E-state index is 11.9. The maximum absolute atomic E-state index is 11.9. The van der Waals surface area contributed by atoms with Crippen LogP contribution in [0.2, 0.25) is 0 Å². The van der Waals surface area contributed by atoms with Crippen molar-refractivity contribution in [1.29, 1.82) is 0 Å². The Morgan fingerprint density at radius 3 is 2.35 bits per heavy atom. The van der Waals surface area contributed by atoms with Gasteiger partial charge in [0.1, 0.15) is 19.0 Å². The first-order valence-electron chi connectivity index (χ1n) is 9.30. The molecule has 1 heterocycles. The van der Waals surface area contributed by atoms with Gasteiger partial charge in [-0.1, -0.05) is 0 Å². The molecule has 0 saturated heterocycles. The van der Waals surface area contributed by atoms with Crippen molar-refractivity contribution in [2.24, 2.45) is 0 Å². The summed E-state index contributed by atoms with van der Waals surface area (Å²) in [5.41, 5.74) is 0.914. The molecular formula is C21H20N2O8. The van der Waals surface area contributed by atoms with Crippen LogP contribution in [0, 0.1) is 0 Å². The third-order valence-corrected chi connectivity index (χ3v) is 4.03. The largest absolute Gasteiger partial charge is 0.486 e. The van der Waals surface area contributed by atoms with Gasteiger partial charge in [0.2, 0.25) is 0 Å². The number of ketones is 1. The van der Waals surface area contributed by atoms with Crippen LogP contribution in [-0.2, 0) is 14.3 Å². The highest BCUT2D eigenvalue weighted by molar-refractivity contribution is 6.02. The summed E-state index contributed by atoms with van der Waals surface area (Å²) in [5.74, 6) is -0.273. The van der Waals surface area contributed by atoms with Gasteiger partial charge in [-0.05, 0) is 43.3 Å². The Kier molecular flexibility index (Phi) is 7.05. The van der Waals surface area contributed by atoms with Crippen molar-refractivity contribution in [3.8, 4) is 17.2 Å². The first-order valence-corrected chi connectivity index (χ1v) is 9.30. The van der Waals surface area contributed by atoms with Gasteiger partial charge >= 0.3 is 12.0 Å².